The third-order valence-electron chi connectivity index (χ3n) is 2.47. The van der Waals surface area contributed by atoms with Gasteiger partial charge in [0, 0.05) is 18.9 Å². The molecule has 1 heterocycles. The molecule has 1 aromatic heterocycles. The van der Waals surface area contributed by atoms with Crippen molar-refractivity contribution < 1.29 is 4.74 Å². The van der Waals surface area contributed by atoms with Crippen molar-refractivity contribution in [1.29, 1.82) is 5.41 Å². The molecule has 0 spiro atoms. The van der Waals surface area contributed by atoms with Crippen LogP contribution >= 0.6 is 11.6 Å². The van der Waals surface area contributed by atoms with Crippen LogP contribution in [-0.2, 0) is 6.54 Å². The van der Waals surface area contributed by atoms with Gasteiger partial charge in [0.2, 0.25) is 0 Å². The fraction of sp³-hybridized carbons (Fsp3) is 0.214. The fourth-order valence-electron chi connectivity index (χ4n) is 1.56. The minimum absolute atomic E-state index is 0.105. The molecular formula is C14H15ClN2O. The van der Waals surface area contributed by atoms with Crippen LogP contribution in [0, 0.1) is 5.41 Å². The number of ether oxygens (including phenoxy) is 1. The van der Waals surface area contributed by atoms with E-state index < -0.39 is 0 Å². The van der Waals surface area contributed by atoms with Gasteiger partial charge in [0.15, 0.2) is 0 Å². The molecule has 0 radical (unpaired) electrons. The zero-order valence-electron chi connectivity index (χ0n) is 9.92. The van der Waals surface area contributed by atoms with Crippen LogP contribution in [0.3, 0.4) is 0 Å². The van der Waals surface area contributed by atoms with E-state index in [9.17, 15) is 0 Å². The van der Waals surface area contributed by atoms with Gasteiger partial charge >= 0.3 is 0 Å². The molecule has 0 fully saturated rings. The third kappa shape index (κ3) is 3.93. The molecule has 0 saturated carbocycles. The Hall–Kier alpha value is -1.74. The van der Waals surface area contributed by atoms with Crippen molar-refractivity contribution in [3.63, 3.8) is 0 Å². The number of para-hydroxylation sites is 1. The Balaban J connectivity index is 1.83. The lowest BCUT2D eigenvalue weighted by Gasteiger charge is -2.13. The molecular weight excluding hydrogens is 248 g/mol. The highest BCUT2D eigenvalue weighted by Crippen LogP contribution is 2.10. The molecule has 1 aromatic carbocycles. The van der Waals surface area contributed by atoms with Crippen LogP contribution in [0.1, 0.15) is 0 Å². The minimum Gasteiger partial charge on any atom is -0.492 e. The Morgan fingerprint density at radius 2 is 1.78 bits per heavy atom. The molecule has 1 unspecified atom stereocenters. The van der Waals surface area contributed by atoms with Crippen LogP contribution in [0.4, 0.5) is 0 Å². The topological polar surface area (TPSA) is 38.0 Å². The van der Waals surface area contributed by atoms with Crippen LogP contribution in [0.2, 0.25) is 0 Å². The Morgan fingerprint density at radius 1 is 1.11 bits per heavy atom. The molecule has 2 aromatic rings. The zero-order valence-corrected chi connectivity index (χ0v) is 10.7. The summed E-state index contributed by atoms with van der Waals surface area (Å²) in [6, 6.07) is 13.1. The number of nitrogens with one attached hydrogen (secondary N) is 1. The third-order valence-corrected chi connectivity index (χ3v) is 2.74. The molecule has 0 aliphatic heterocycles. The molecule has 1 N–H and O–H groups in total. The largest absolute Gasteiger partial charge is 0.492 e. The normalized spacial score (nSPS) is 12.1. The number of hydrogen-bond donors (Lipinski definition) is 1. The molecule has 4 heteroatoms. The standard InChI is InChI=1S/C14H15ClN2O/c15-12(10-17-8-6-13(16)7-9-17)11-18-14-4-2-1-3-5-14/h1-9,12,16H,10-11H2. The van der Waals surface area contributed by atoms with Crippen LogP contribution in [0.5, 0.6) is 5.75 Å². The van der Waals surface area contributed by atoms with E-state index in [1.54, 1.807) is 12.1 Å². The summed E-state index contributed by atoms with van der Waals surface area (Å²) in [5.41, 5.74) is 0. The van der Waals surface area contributed by atoms with Crippen molar-refractivity contribution in [2.45, 2.75) is 11.9 Å². The summed E-state index contributed by atoms with van der Waals surface area (Å²) in [7, 11) is 0. The van der Waals surface area contributed by atoms with E-state index in [1.165, 1.54) is 0 Å². The van der Waals surface area contributed by atoms with Gasteiger partial charge < -0.3 is 14.7 Å². The van der Waals surface area contributed by atoms with Gasteiger partial charge in [-0.3, -0.25) is 0 Å². The molecule has 94 valence electrons. The van der Waals surface area contributed by atoms with Gasteiger partial charge in [0.05, 0.1) is 10.7 Å². The van der Waals surface area contributed by atoms with E-state index in [0.717, 1.165) is 5.75 Å². The first-order chi connectivity index (χ1) is 8.74. The first-order valence-corrected chi connectivity index (χ1v) is 6.20. The van der Waals surface area contributed by atoms with Crippen LogP contribution in [0.25, 0.3) is 0 Å². The summed E-state index contributed by atoms with van der Waals surface area (Å²) in [5.74, 6) is 0.828. The number of rotatable bonds is 5. The van der Waals surface area contributed by atoms with Crippen LogP contribution in [-0.4, -0.2) is 16.6 Å². The summed E-state index contributed by atoms with van der Waals surface area (Å²) in [6.45, 7) is 1.12. The number of nitrogens with zero attached hydrogens (tertiary/aromatic N) is 1. The average molecular weight is 263 g/mol. The Bertz CT molecular complexity index is 518. The summed E-state index contributed by atoms with van der Waals surface area (Å²) < 4.78 is 7.53. The smallest absolute Gasteiger partial charge is 0.119 e. The van der Waals surface area contributed by atoms with Crippen molar-refractivity contribution in [1.82, 2.24) is 4.57 Å². The molecule has 0 aliphatic rings. The van der Waals surface area contributed by atoms with Crippen molar-refractivity contribution in [2.24, 2.45) is 0 Å². The highest BCUT2D eigenvalue weighted by atomic mass is 35.5. The number of pyridine rings is 1. The van der Waals surface area contributed by atoms with Gasteiger partial charge in [-0.15, -0.1) is 11.6 Å². The predicted octanol–water partition coefficient (Wildman–Crippen LogP) is 2.65. The van der Waals surface area contributed by atoms with Gasteiger partial charge in [-0.25, -0.2) is 0 Å². The predicted molar refractivity (Wildman–Crippen MR) is 71.9 cm³/mol. The molecule has 0 saturated heterocycles. The average Bonchev–Trinajstić information content (AvgIpc) is 2.40. The maximum absolute atomic E-state index is 7.40. The highest BCUT2D eigenvalue weighted by molar-refractivity contribution is 6.20. The van der Waals surface area contributed by atoms with E-state index in [0.29, 0.717) is 18.5 Å². The molecule has 0 aliphatic carbocycles. The second-order valence-electron chi connectivity index (χ2n) is 4.00. The molecule has 3 nitrogen and oxygen atoms in total. The van der Waals surface area contributed by atoms with Crippen molar-refractivity contribution in [3.8, 4) is 5.75 Å². The van der Waals surface area contributed by atoms with E-state index >= 15 is 0 Å². The lowest BCUT2D eigenvalue weighted by Crippen LogP contribution is -2.19. The summed E-state index contributed by atoms with van der Waals surface area (Å²) in [4.78, 5) is 0. The maximum Gasteiger partial charge on any atom is 0.119 e. The number of halogens is 1. The van der Waals surface area contributed by atoms with E-state index in [1.807, 2.05) is 47.3 Å². The Labute approximate surface area is 111 Å². The van der Waals surface area contributed by atoms with Gasteiger partial charge in [0.25, 0.3) is 0 Å². The monoisotopic (exact) mass is 262 g/mol. The van der Waals surface area contributed by atoms with E-state index in [4.69, 9.17) is 21.7 Å². The first kappa shape index (κ1) is 12.7. The van der Waals surface area contributed by atoms with Gasteiger partial charge in [-0.1, -0.05) is 18.2 Å². The van der Waals surface area contributed by atoms with E-state index in [2.05, 4.69) is 0 Å². The van der Waals surface area contributed by atoms with Crippen LogP contribution in [0.15, 0.2) is 54.9 Å². The lowest BCUT2D eigenvalue weighted by atomic mass is 10.3. The minimum atomic E-state index is -0.105. The number of aromatic nitrogens is 1. The lowest BCUT2D eigenvalue weighted by molar-refractivity contribution is 0.305. The summed E-state index contributed by atoms with van der Waals surface area (Å²) >= 11 is 6.21. The SMILES string of the molecule is N=c1ccn(CC(Cl)COc2ccccc2)cc1. The zero-order chi connectivity index (χ0) is 12.8. The van der Waals surface area contributed by atoms with Gasteiger partial charge in [-0.2, -0.15) is 0 Å². The molecule has 0 amide bonds. The molecule has 1 atom stereocenters. The fourth-order valence-corrected chi connectivity index (χ4v) is 1.79. The molecule has 18 heavy (non-hydrogen) atoms. The van der Waals surface area contributed by atoms with Gasteiger partial charge in [0.1, 0.15) is 12.4 Å². The Kier molecular flexibility index (Phi) is 4.42. The second kappa shape index (κ2) is 6.26. The quantitative estimate of drug-likeness (QED) is 0.827. The Morgan fingerprint density at radius 3 is 2.44 bits per heavy atom. The van der Waals surface area contributed by atoms with Crippen molar-refractivity contribution in [3.05, 3.63) is 60.2 Å². The van der Waals surface area contributed by atoms with Crippen LogP contribution < -0.4 is 10.1 Å². The summed E-state index contributed by atoms with van der Waals surface area (Å²) in [5, 5.41) is 7.79. The first-order valence-electron chi connectivity index (χ1n) is 5.76. The van der Waals surface area contributed by atoms with Gasteiger partial charge in [-0.05, 0) is 24.3 Å². The maximum atomic E-state index is 7.40. The number of benzene rings is 1. The van der Waals surface area contributed by atoms with Crippen molar-refractivity contribution >= 4 is 11.6 Å². The number of hydrogen-bond acceptors (Lipinski definition) is 2. The number of alkyl halides is 1. The molecule has 0 bridgehead atoms. The second-order valence-corrected chi connectivity index (χ2v) is 4.62. The highest BCUT2D eigenvalue weighted by Gasteiger charge is 2.05. The van der Waals surface area contributed by atoms with E-state index in [-0.39, 0.29) is 5.38 Å². The molecule has 2 rings (SSSR count). The summed E-state index contributed by atoms with van der Waals surface area (Å²) in [6.07, 6.45) is 3.69. The van der Waals surface area contributed by atoms with Crippen molar-refractivity contribution in [2.75, 3.05) is 6.61 Å².